The van der Waals surface area contributed by atoms with Crippen LogP contribution in [0, 0.1) is 0 Å². The third-order valence-electron chi connectivity index (χ3n) is 3.09. The van der Waals surface area contributed by atoms with Gasteiger partial charge in [0.1, 0.15) is 6.04 Å². The van der Waals surface area contributed by atoms with E-state index >= 15 is 0 Å². The monoisotopic (exact) mass is 246 g/mol. The Kier molecular flexibility index (Phi) is 2.21. The van der Waals surface area contributed by atoms with E-state index in [1.807, 2.05) is 0 Å². The maximum atomic E-state index is 12.1. The lowest BCUT2D eigenvalue weighted by Gasteiger charge is -2.14. The molecule has 2 amide bonds. The van der Waals surface area contributed by atoms with Gasteiger partial charge in [0.25, 0.3) is 11.8 Å². The molecule has 0 saturated carbocycles. The van der Waals surface area contributed by atoms with Crippen molar-refractivity contribution in [3.63, 3.8) is 0 Å². The normalized spacial score (nSPS) is 25.1. The summed E-state index contributed by atoms with van der Waals surface area (Å²) in [5.74, 6) is -1.21. The van der Waals surface area contributed by atoms with Crippen molar-refractivity contribution in [1.82, 2.24) is 10.0 Å². The van der Waals surface area contributed by atoms with Gasteiger partial charge in [0.05, 0.1) is 18.2 Å². The number of benzene rings is 1. The van der Waals surface area contributed by atoms with Gasteiger partial charge < -0.3 is 4.74 Å². The summed E-state index contributed by atoms with van der Waals surface area (Å²) in [6.07, 6.45) is 0. The van der Waals surface area contributed by atoms with Gasteiger partial charge in [0.15, 0.2) is 0 Å². The first kappa shape index (κ1) is 10.9. The molecule has 2 aliphatic rings. The fraction of sp³-hybridized carbons (Fsp3) is 0.250. The van der Waals surface area contributed by atoms with Crippen LogP contribution in [0.25, 0.3) is 0 Å². The number of esters is 1. The summed E-state index contributed by atoms with van der Waals surface area (Å²) >= 11 is 0. The first-order valence-electron chi connectivity index (χ1n) is 5.47. The van der Waals surface area contributed by atoms with Crippen molar-refractivity contribution in [3.8, 4) is 0 Å². The number of hydrogen-bond acceptors (Lipinski definition) is 5. The maximum absolute atomic E-state index is 12.1. The summed E-state index contributed by atoms with van der Waals surface area (Å²) in [6.45, 7) is 0.331. The first-order chi connectivity index (χ1) is 8.65. The Morgan fingerprint density at radius 2 is 1.78 bits per heavy atom. The molecule has 18 heavy (non-hydrogen) atoms. The standard InChI is InChI=1S/C12H10N2O4/c1-18-12(17)9-6-13(9)14-10(15)7-4-2-3-5-8(7)11(14)16/h2-5,9H,6H2,1H3/t9-,13?/m1/s1. The van der Waals surface area contributed by atoms with Crippen LogP contribution in [0.2, 0.25) is 0 Å². The second-order valence-electron chi connectivity index (χ2n) is 4.13. The number of hydrazine groups is 1. The number of imide groups is 1. The fourth-order valence-electron chi connectivity index (χ4n) is 2.09. The van der Waals surface area contributed by atoms with Gasteiger partial charge in [-0.05, 0) is 12.1 Å². The molecule has 1 aromatic rings. The lowest BCUT2D eigenvalue weighted by atomic mass is 10.1. The fourth-order valence-corrected chi connectivity index (χ4v) is 2.09. The maximum Gasteiger partial charge on any atom is 0.326 e. The van der Waals surface area contributed by atoms with Crippen molar-refractivity contribution >= 4 is 17.8 Å². The van der Waals surface area contributed by atoms with Gasteiger partial charge in [-0.2, -0.15) is 5.01 Å². The number of methoxy groups -OCH3 is 1. The van der Waals surface area contributed by atoms with Crippen molar-refractivity contribution < 1.29 is 19.1 Å². The molecule has 0 N–H and O–H groups in total. The minimum absolute atomic E-state index is 0.331. The summed E-state index contributed by atoms with van der Waals surface area (Å²) < 4.78 is 4.58. The number of carbonyl (C=O) groups is 3. The van der Waals surface area contributed by atoms with Gasteiger partial charge in [-0.15, -0.1) is 0 Å². The Morgan fingerprint density at radius 3 is 2.28 bits per heavy atom. The predicted molar refractivity (Wildman–Crippen MR) is 59.5 cm³/mol. The lowest BCUT2D eigenvalue weighted by molar-refractivity contribution is -0.141. The number of amides is 2. The quantitative estimate of drug-likeness (QED) is 0.419. The van der Waals surface area contributed by atoms with Gasteiger partial charge in [-0.25, -0.2) is 5.01 Å². The van der Waals surface area contributed by atoms with Crippen LogP contribution in [0.3, 0.4) is 0 Å². The molecule has 0 aliphatic carbocycles. The number of carbonyl (C=O) groups excluding carboxylic acids is 3. The van der Waals surface area contributed by atoms with Crippen molar-refractivity contribution in [1.29, 1.82) is 0 Å². The number of fused-ring (bicyclic) bond motifs is 1. The van der Waals surface area contributed by atoms with E-state index in [1.54, 1.807) is 24.3 Å². The minimum Gasteiger partial charge on any atom is -0.468 e. The number of ether oxygens (including phenoxy) is 1. The summed E-state index contributed by atoms with van der Waals surface area (Å²) in [7, 11) is 1.28. The Hall–Kier alpha value is -2.21. The van der Waals surface area contributed by atoms with E-state index in [0.717, 1.165) is 5.01 Å². The van der Waals surface area contributed by atoms with Crippen LogP contribution in [0.1, 0.15) is 20.7 Å². The van der Waals surface area contributed by atoms with E-state index in [1.165, 1.54) is 12.1 Å². The summed E-state index contributed by atoms with van der Waals surface area (Å²) in [6, 6.07) is 6.08. The molecule has 0 radical (unpaired) electrons. The van der Waals surface area contributed by atoms with Gasteiger partial charge >= 0.3 is 5.97 Å². The van der Waals surface area contributed by atoms with Crippen LogP contribution in [0.5, 0.6) is 0 Å². The average Bonchev–Trinajstić information content (AvgIpc) is 3.13. The molecule has 2 aliphatic heterocycles. The van der Waals surface area contributed by atoms with Crippen LogP contribution in [-0.2, 0) is 9.53 Å². The molecular formula is C12H10N2O4. The van der Waals surface area contributed by atoms with Crippen molar-refractivity contribution in [2.75, 3.05) is 13.7 Å². The zero-order chi connectivity index (χ0) is 12.9. The largest absolute Gasteiger partial charge is 0.468 e. The molecule has 0 bridgehead atoms. The van der Waals surface area contributed by atoms with Crippen LogP contribution in [-0.4, -0.2) is 47.5 Å². The topological polar surface area (TPSA) is 66.7 Å². The zero-order valence-corrected chi connectivity index (χ0v) is 9.62. The van der Waals surface area contributed by atoms with Crippen molar-refractivity contribution in [2.24, 2.45) is 0 Å². The Morgan fingerprint density at radius 1 is 1.22 bits per heavy atom. The number of nitrogens with zero attached hydrogens (tertiary/aromatic N) is 2. The third kappa shape index (κ3) is 1.36. The van der Waals surface area contributed by atoms with E-state index < -0.39 is 12.0 Å². The molecule has 6 heteroatoms. The van der Waals surface area contributed by atoms with Gasteiger partial charge in [-0.1, -0.05) is 12.1 Å². The third-order valence-corrected chi connectivity index (χ3v) is 3.09. The summed E-state index contributed by atoms with van der Waals surface area (Å²) in [5.41, 5.74) is 0.746. The lowest BCUT2D eigenvalue weighted by Crippen LogP contribution is -2.37. The highest BCUT2D eigenvalue weighted by atomic mass is 16.5. The van der Waals surface area contributed by atoms with E-state index in [-0.39, 0.29) is 11.8 Å². The molecular weight excluding hydrogens is 236 g/mol. The Balaban J connectivity index is 1.88. The molecule has 1 saturated heterocycles. The predicted octanol–water partition coefficient (Wildman–Crippen LogP) is 0.0548. The molecule has 92 valence electrons. The van der Waals surface area contributed by atoms with Crippen LogP contribution < -0.4 is 0 Å². The zero-order valence-electron chi connectivity index (χ0n) is 9.62. The van der Waals surface area contributed by atoms with Crippen LogP contribution >= 0.6 is 0 Å². The van der Waals surface area contributed by atoms with Gasteiger partial charge in [0, 0.05) is 6.54 Å². The second-order valence-corrected chi connectivity index (χ2v) is 4.13. The SMILES string of the molecule is COC(=O)[C@H]1CN1N1C(=O)c2ccccc2C1=O. The van der Waals surface area contributed by atoms with E-state index in [9.17, 15) is 14.4 Å². The van der Waals surface area contributed by atoms with E-state index in [2.05, 4.69) is 4.74 Å². The Bertz CT molecular complexity index is 534. The molecule has 1 aromatic carbocycles. The molecule has 1 unspecified atom stereocenters. The second kappa shape index (κ2) is 3.64. The van der Waals surface area contributed by atoms with Crippen molar-refractivity contribution in [2.45, 2.75) is 6.04 Å². The van der Waals surface area contributed by atoms with Gasteiger partial charge in [0.2, 0.25) is 0 Å². The number of rotatable bonds is 2. The van der Waals surface area contributed by atoms with Gasteiger partial charge in [-0.3, -0.25) is 14.4 Å². The highest BCUT2D eigenvalue weighted by Gasteiger charge is 2.52. The summed E-state index contributed by atoms with van der Waals surface area (Å²) in [4.78, 5) is 35.4. The number of hydrogen-bond donors (Lipinski definition) is 0. The molecule has 2 heterocycles. The Labute approximate surface area is 103 Å². The highest BCUT2D eigenvalue weighted by Crippen LogP contribution is 2.31. The molecule has 6 nitrogen and oxygen atoms in total. The minimum atomic E-state index is -0.530. The highest BCUT2D eigenvalue weighted by molar-refractivity contribution is 6.21. The molecule has 0 aromatic heterocycles. The van der Waals surface area contributed by atoms with Crippen molar-refractivity contribution in [3.05, 3.63) is 35.4 Å². The molecule has 2 atom stereocenters. The molecule has 0 spiro atoms. The van der Waals surface area contributed by atoms with Crippen LogP contribution in [0.4, 0.5) is 0 Å². The smallest absolute Gasteiger partial charge is 0.326 e. The van der Waals surface area contributed by atoms with E-state index in [4.69, 9.17) is 0 Å². The molecule has 1 fully saturated rings. The molecule has 3 rings (SSSR count). The summed E-state index contributed by atoms with van der Waals surface area (Å²) in [5, 5.41) is 2.43. The average molecular weight is 246 g/mol. The first-order valence-corrected chi connectivity index (χ1v) is 5.47. The van der Waals surface area contributed by atoms with E-state index in [0.29, 0.717) is 17.7 Å². The van der Waals surface area contributed by atoms with Crippen LogP contribution in [0.15, 0.2) is 24.3 Å².